The van der Waals surface area contributed by atoms with Crippen molar-refractivity contribution < 1.29 is 17.9 Å². The third kappa shape index (κ3) is 6.30. The molecule has 1 amide bonds. The summed E-state index contributed by atoms with van der Waals surface area (Å²) in [4.78, 5) is 12.6. The quantitative estimate of drug-likeness (QED) is 0.685. The van der Waals surface area contributed by atoms with Crippen molar-refractivity contribution in [3.63, 3.8) is 0 Å². The zero-order chi connectivity index (χ0) is 19.9. The number of nitrogens with one attached hydrogen (secondary N) is 1. The van der Waals surface area contributed by atoms with Crippen molar-refractivity contribution in [2.24, 2.45) is 0 Å². The van der Waals surface area contributed by atoms with E-state index < -0.39 is 10.0 Å². The molecule has 1 fully saturated rings. The van der Waals surface area contributed by atoms with E-state index in [4.69, 9.17) is 4.74 Å². The Morgan fingerprint density at radius 2 is 1.85 bits per heavy atom. The third-order valence-electron chi connectivity index (χ3n) is 4.69. The zero-order valence-electron chi connectivity index (χ0n) is 16.7. The summed E-state index contributed by atoms with van der Waals surface area (Å²) in [7, 11) is -3.58. The molecule has 1 aliphatic rings. The number of aryl methyl sites for hydroxylation is 1. The Bertz CT molecular complexity index is 723. The summed E-state index contributed by atoms with van der Waals surface area (Å²) in [6, 6.07) is 4.90. The van der Waals surface area contributed by atoms with Crippen LogP contribution in [0.3, 0.4) is 0 Å². The lowest BCUT2D eigenvalue weighted by Crippen LogP contribution is -2.33. The van der Waals surface area contributed by atoms with Crippen LogP contribution in [-0.2, 0) is 14.8 Å². The molecule has 0 radical (unpaired) electrons. The molecule has 0 aromatic heterocycles. The van der Waals surface area contributed by atoms with Gasteiger partial charge in [-0.05, 0) is 57.7 Å². The van der Waals surface area contributed by atoms with E-state index in [1.54, 1.807) is 23.4 Å². The highest BCUT2D eigenvalue weighted by atomic mass is 32.2. The standard InChI is InChI=1S/C20H32N2O4S/c1-16(2)26-14-8-11-21-20(23)18-10-9-17(3)19(15-18)27(24,25)22-12-6-4-5-7-13-22/h9-10,15-16H,4-8,11-14H2,1-3H3,(H,21,23). The normalized spacial score (nSPS) is 16.3. The van der Waals surface area contributed by atoms with Crippen LogP contribution in [0.5, 0.6) is 0 Å². The number of hydrogen-bond acceptors (Lipinski definition) is 4. The maximum absolute atomic E-state index is 13.1. The van der Waals surface area contributed by atoms with E-state index in [0.29, 0.717) is 43.8 Å². The first-order valence-corrected chi connectivity index (χ1v) is 11.3. The van der Waals surface area contributed by atoms with E-state index in [-0.39, 0.29) is 16.9 Å². The number of hydrogen-bond donors (Lipinski definition) is 1. The van der Waals surface area contributed by atoms with Crippen molar-refractivity contribution in [1.82, 2.24) is 9.62 Å². The molecule has 0 saturated carbocycles. The van der Waals surface area contributed by atoms with Crippen molar-refractivity contribution in [2.75, 3.05) is 26.2 Å². The predicted octanol–water partition coefficient (Wildman–Crippen LogP) is 3.10. The van der Waals surface area contributed by atoms with Gasteiger partial charge in [0.25, 0.3) is 5.91 Å². The smallest absolute Gasteiger partial charge is 0.251 e. The van der Waals surface area contributed by atoms with E-state index in [1.165, 1.54) is 6.07 Å². The summed E-state index contributed by atoms with van der Waals surface area (Å²) in [5.41, 5.74) is 1.04. The number of nitrogens with zero attached hydrogens (tertiary/aromatic N) is 1. The molecule has 0 atom stereocenters. The summed E-state index contributed by atoms with van der Waals surface area (Å²) >= 11 is 0. The van der Waals surface area contributed by atoms with Gasteiger partial charge in [-0.2, -0.15) is 4.31 Å². The Morgan fingerprint density at radius 3 is 2.48 bits per heavy atom. The number of carbonyl (C=O) groups excluding carboxylic acids is 1. The Morgan fingerprint density at radius 1 is 1.19 bits per heavy atom. The molecule has 1 aliphatic heterocycles. The fourth-order valence-electron chi connectivity index (χ4n) is 3.14. The molecule has 0 aliphatic carbocycles. The summed E-state index contributed by atoms with van der Waals surface area (Å²) in [6.45, 7) is 7.89. The van der Waals surface area contributed by atoms with Gasteiger partial charge in [-0.1, -0.05) is 18.9 Å². The van der Waals surface area contributed by atoms with Crippen molar-refractivity contribution in [2.45, 2.75) is 63.9 Å². The van der Waals surface area contributed by atoms with E-state index in [9.17, 15) is 13.2 Å². The summed E-state index contributed by atoms with van der Waals surface area (Å²) in [6.07, 6.45) is 4.79. The lowest BCUT2D eigenvalue weighted by Gasteiger charge is -2.21. The van der Waals surface area contributed by atoms with Crippen molar-refractivity contribution in [3.8, 4) is 0 Å². The molecule has 1 saturated heterocycles. The summed E-state index contributed by atoms with van der Waals surface area (Å²) in [5, 5.41) is 2.83. The molecular formula is C20H32N2O4S. The van der Waals surface area contributed by atoms with Gasteiger partial charge in [0.15, 0.2) is 0 Å². The minimum Gasteiger partial charge on any atom is -0.379 e. The minimum atomic E-state index is -3.58. The van der Waals surface area contributed by atoms with E-state index in [1.807, 2.05) is 13.8 Å². The number of ether oxygens (including phenoxy) is 1. The molecule has 27 heavy (non-hydrogen) atoms. The molecule has 0 bridgehead atoms. The van der Waals surface area contributed by atoms with Crippen LogP contribution in [-0.4, -0.2) is 51.0 Å². The van der Waals surface area contributed by atoms with E-state index >= 15 is 0 Å². The highest BCUT2D eigenvalue weighted by molar-refractivity contribution is 7.89. The van der Waals surface area contributed by atoms with Crippen molar-refractivity contribution in [1.29, 1.82) is 0 Å². The van der Waals surface area contributed by atoms with Gasteiger partial charge in [-0.15, -0.1) is 0 Å². The number of carbonyl (C=O) groups is 1. The average molecular weight is 397 g/mol. The van der Waals surface area contributed by atoms with Gasteiger partial charge in [0, 0.05) is 31.8 Å². The molecule has 1 aromatic rings. The highest BCUT2D eigenvalue weighted by Crippen LogP contribution is 2.24. The van der Waals surface area contributed by atoms with Crippen LogP contribution in [0.1, 0.15) is 61.9 Å². The summed E-state index contributed by atoms with van der Waals surface area (Å²) in [5.74, 6) is -0.258. The first-order chi connectivity index (χ1) is 12.8. The van der Waals surface area contributed by atoms with Gasteiger partial charge in [0.2, 0.25) is 10.0 Å². The van der Waals surface area contributed by atoms with Crippen LogP contribution in [0.4, 0.5) is 0 Å². The number of benzene rings is 1. The van der Waals surface area contributed by atoms with Crippen LogP contribution in [0.15, 0.2) is 23.1 Å². The topological polar surface area (TPSA) is 75.7 Å². The molecule has 6 nitrogen and oxygen atoms in total. The van der Waals surface area contributed by atoms with Gasteiger partial charge in [0.1, 0.15) is 0 Å². The van der Waals surface area contributed by atoms with Crippen molar-refractivity contribution >= 4 is 15.9 Å². The second-order valence-electron chi connectivity index (χ2n) is 7.33. The Hall–Kier alpha value is -1.44. The third-order valence-corrected chi connectivity index (χ3v) is 6.73. The zero-order valence-corrected chi connectivity index (χ0v) is 17.5. The van der Waals surface area contributed by atoms with Gasteiger partial charge in [0.05, 0.1) is 11.0 Å². The van der Waals surface area contributed by atoms with E-state index in [2.05, 4.69) is 5.32 Å². The fourth-order valence-corrected chi connectivity index (χ4v) is 4.90. The Labute approximate surface area is 163 Å². The van der Waals surface area contributed by atoms with E-state index in [0.717, 1.165) is 25.7 Å². The Kier molecular flexibility index (Phi) is 8.26. The van der Waals surface area contributed by atoms with Crippen LogP contribution in [0.2, 0.25) is 0 Å². The lowest BCUT2D eigenvalue weighted by atomic mass is 10.1. The van der Waals surface area contributed by atoms with Crippen molar-refractivity contribution in [3.05, 3.63) is 29.3 Å². The number of sulfonamides is 1. The summed E-state index contributed by atoms with van der Waals surface area (Å²) < 4.78 is 33.2. The molecule has 0 spiro atoms. The second-order valence-corrected chi connectivity index (χ2v) is 9.23. The number of amides is 1. The molecular weight excluding hydrogens is 364 g/mol. The largest absolute Gasteiger partial charge is 0.379 e. The highest BCUT2D eigenvalue weighted by Gasteiger charge is 2.27. The van der Waals surface area contributed by atoms with Gasteiger partial charge in [-0.3, -0.25) is 4.79 Å². The molecule has 0 unspecified atom stereocenters. The van der Waals surface area contributed by atoms with Gasteiger partial charge < -0.3 is 10.1 Å². The van der Waals surface area contributed by atoms with Crippen LogP contribution in [0.25, 0.3) is 0 Å². The molecule has 1 N–H and O–H groups in total. The predicted molar refractivity (Wildman–Crippen MR) is 106 cm³/mol. The first-order valence-electron chi connectivity index (χ1n) is 9.83. The average Bonchev–Trinajstić information content (AvgIpc) is 2.91. The molecule has 1 heterocycles. The molecule has 1 aromatic carbocycles. The molecule has 7 heteroatoms. The monoisotopic (exact) mass is 396 g/mol. The fraction of sp³-hybridized carbons (Fsp3) is 0.650. The van der Waals surface area contributed by atoms with Crippen LogP contribution >= 0.6 is 0 Å². The van der Waals surface area contributed by atoms with Crippen LogP contribution < -0.4 is 5.32 Å². The maximum Gasteiger partial charge on any atom is 0.251 e. The maximum atomic E-state index is 13.1. The molecule has 152 valence electrons. The lowest BCUT2D eigenvalue weighted by molar-refractivity contribution is 0.0757. The Balaban J connectivity index is 2.07. The van der Waals surface area contributed by atoms with Crippen LogP contribution in [0, 0.1) is 6.92 Å². The SMILES string of the molecule is Cc1ccc(C(=O)NCCCOC(C)C)cc1S(=O)(=O)N1CCCCCC1. The second kappa shape index (κ2) is 10.2. The molecule has 2 rings (SSSR count). The first kappa shape index (κ1) is 21.9. The number of rotatable bonds is 8. The van der Waals surface area contributed by atoms with Gasteiger partial charge >= 0.3 is 0 Å². The minimum absolute atomic E-state index is 0.171. The van der Waals surface area contributed by atoms with Gasteiger partial charge in [-0.25, -0.2) is 8.42 Å².